The Bertz CT molecular complexity index is 297. The summed E-state index contributed by atoms with van der Waals surface area (Å²) >= 11 is 6.11. The summed E-state index contributed by atoms with van der Waals surface area (Å²) in [6, 6.07) is 6.28. The monoisotopic (exact) mass is 225 g/mol. The summed E-state index contributed by atoms with van der Waals surface area (Å²) in [7, 11) is 1.89. The predicted octanol–water partition coefficient (Wildman–Crippen LogP) is 4.50. The van der Waals surface area contributed by atoms with Gasteiger partial charge in [0, 0.05) is 7.05 Å². The van der Waals surface area contributed by atoms with E-state index in [1.807, 2.05) is 7.05 Å². The minimum absolute atomic E-state index is 0.825. The van der Waals surface area contributed by atoms with Gasteiger partial charge >= 0.3 is 0 Å². The molecule has 0 heterocycles. The van der Waals surface area contributed by atoms with Crippen molar-refractivity contribution in [3.05, 3.63) is 28.8 Å². The van der Waals surface area contributed by atoms with Crippen molar-refractivity contribution in [2.75, 3.05) is 12.4 Å². The molecule has 0 spiro atoms. The molecule has 0 bridgehead atoms. The molecular weight excluding hydrogens is 206 g/mol. The molecule has 0 saturated carbocycles. The van der Waals surface area contributed by atoms with Crippen molar-refractivity contribution in [3.63, 3.8) is 0 Å². The molecule has 0 atom stereocenters. The van der Waals surface area contributed by atoms with Crippen molar-refractivity contribution < 1.29 is 0 Å². The quantitative estimate of drug-likeness (QED) is 0.703. The first-order valence-electron chi connectivity index (χ1n) is 5.74. The first-order chi connectivity index (χ1) is 7.27. The average Bonchev–Trinajstić information content (AvgIpc) is 2.25. The highest BCUT2D eigenvalue weighted by Gasteiger charge is 1.99. The average molecular weight is 226 g/mol. The molecule has 1 aromatic rings. The van der Waals surface area contributed by atoms with Crippen molar-refractivity contribution in [2.45, 2.75) is 39.0 Å². The Kier molecular flexibility index (Phi) is 5.56. The molecule has 84 valence electrons. The summed E-state index contributed by atoms with van der Waals surface area (Å²) < 4.78 is 0. The second kappa shape index (κ2) is 6.73. The highest BCUT2D eigenvalue weighted by molar-refractivity contribution is 6.33. The largest absolute Gasteiger partial charge is 0.387 e. The third-order valence-corrected chi connectivity index (χ3v) is 2.93. The fourth-order valence-corrected chi connectivity index (χ4v) is 1.97. The van der Waals surface area contributed by atoms with Crippen LogP contribution in [-0.2, 0) is 6.42 Å². The first kappa shape index (κ1) is 12.4. The summed E-state index contributed by atoms with van der Waals surface area (Å²) in [6.07, 6.45) is 6.36. The summed E-state index contributed by atoms with van der Waals surface area (Å²) in [5, 5.41) is 3.89. The fraction of sp³-hybridized carbons (Fsp3) is 0.538. The van der Waals surface area contributed by atoms with Crippen LogP contribution in [0, 0.1) is 0 Å². The SMILES string of the molecule is CCCCCCc1ccc(NC)c(Cl)c1. The molecule has 15 heavy (non-hydrogen) atoms. The number of unbranched alkanes of at least 4 members (excludes halogenated alkanes) is 3. The van der Waals surface area contributed by atoms with Crippen LogP contribution in [0.2, 0.25) is 5.02 Å². The molecule has 1 nitrogen and oxygen atoms in total. The summed E-state index contributed by atoms with van der Waals surface area (Å²) in [5.41, 5.74) is 2.35. The van der Waals surface area contributed by atoms with Crippen LogP contribution in [-0.4, -0.2) is 7.05 Å². The van der Waals surface area contributed by atoms with Crippen LogP contribution < -0.4 is 5.32 Å². The van der Waals surface area contributed by atoms with Gasteiger partial charge in [-0.15, -0.1) is 0 Å². The maximum atomic E-state index is 6.11. The summed E-state index contributed by atoms with van der Waals surface area (Å²) in [4.78, 5) is 0. The number of rotatable bonds is 6. The van der Waals surface area contributed by atoms with E-state index in [4.69, 9.17) is 11.6 Å². The highest BCUT2D eigenvalue weighted by atomic mass is 35.5. The molecule has 1 N–H and O–H groups in total. The lowest BCUT2D eigenvalue weighted by molar-refractivity contribution is 0.667. The smallest absolute Gasteiger partial charge is 0.0640 e. The summed E-state index contributed by atoms with van der Waals surface area (Å²) in [5.74, 6) is 0. The van der Waals surface area contributed by atoms with Gasteiger partial charge in [0.1, 0.15) is 0 Å². The van der Waals surface area contributed by atoms with Crippen molar-refractivity contribution in [1.82, 2.24) is 0 Å². The second-order valence-electron chi connectivity index (χ2n) is 3.87. The number of hydrogen-bond donors (Lipinski definition) is 1. The van der Waals surface area contributed by atoms with E-state index in [2.05, 4.69) is 30.4 Å². The number of hydrogen-bond acceptors (Lipinski definition) is 1. The standard InChI is InChI=1S/C13H20ClN/c1-3-4-5-6-7-11-8-9-13(15-2)12(14)10-11/h8-10,15H,3-7H2,1-2H3. The minimum atomic E-state index is 0.825. The highest BCUT2D eigenvalue weighted by Crippen LogP contribution is 2.23. The van der Waals surface area contributed by atoms with Crippen LogP contribution >= 0.6 is 11.6 Å². The number of anilines is 1. The van der Waals surface area contributed by atoms with Crippen molar-refractivity contribution in [1.29, 1.82) is 0 Å². The summed E-state index contributed by atoms with van der Waals surface area (Å²) in [6.45, 7) is 2.23. The Hall–Kier alpha value is -0.690. The van der Waals surface area contributed by atoms with Crippen LogP contribution in [0.3, 0.4) is 0 Å². The molecule has 2 heteroatoms. The number of nitrogens with one attached hydrogen (secondary N) is 1. The van der Waals surface area contributed by atoms with Gasteiger partial charge in [0.25, 0.3) is 0 Å². The van der Waals surface area contributed by atoms with Crippen LogP contribution in [0.15, 0.2) is 18.2 Å². The van der Waals surface area contributed by atoms with Gasteiger partial charge in [-0.2, -0.15) is 0 Å². The van der Waals surface area contributed by atoms with E-state index < -0.39 is 0 Å². The Morgan fingerprint density at radius 3 is 2.60 bits per heavy atom. The molecule has 0 saturated heterocycles. The third kappa shape index (κ3) is 4.13. The molecule has 0 amide bonds. The maximum absolute atomic E-state index is 6.11. The van der Waals surface area contributed by atoms with E-state index in [9.17, 15) is 0 Å². The predicted molar refractivity (Wildman–Crippen MR) is 68.8 cm³/mol. The number of halogens is 1. The molecule has 0 aliphatic heterocycles. The molecule has 0 unspecified atom stereocenters. The molecule has 0 fully saturated rings. The molecule has 0 aliphatic carbocycles. The van der Waals surface area contributed by atoms with Gasteiger partial charge in [-0.3, -0.25) is 0 Å². The molecule has 1 aromatic carbocycles. The minimum Gasteiger partial charge on any atom is -0.387 e. The van der Waals surface area contributed by atoms with Gasteiger partial charge in [-0.25, -0.2) is 0 Å². The normalized spacial score (nSPS) is 10.3. The van der Waals surface area contributed by atoms with Gasteiger partial charge in [-0.1, -0.05) is 43.9 Å². The Balaban J connectivity index is 2.45. The van der Waals surface area contributed by atoms with E-state index in [1.165, 1.54) is 31.2 Å². The van der Waals surface area contributed by atoms with E-state index >= 15 is 0 Å². The van der Waals surface area contributed by atoms with Crippen molar-refractivity contribution >= 4 is 17.3 Å². The second-order valence-corrected chi connectivity index (χ2v) is 4.28. The lowest BCUT2D eigenvalue weighted by atomic mass is 10.1. The van der Waals surface area contributed by atoms with Gasteiger partial charge in [-0.05, 0) is 30.5 Å². The van der Waals surface area contributed by atoms with Crippen LogP contribution in [0.25, 0.3) is 0 Å². The van der Waals surface area contributed by atoms with Gasteiger partial charge in [0.2, 0.25) is 0 Å². The zero-order valence-electron chi connectivity index (χ0n) is 9.65. The van der Waals surface area contributed by atoms with E-state index in [0.717, 1.165) is 17.1 Å². The van der Waals surface area contributed by atoms with Crippen LogP contribution in [0.4, 0.5) is 5.69 Å². The zero-order valence-corrected chi connectivity index (χ0v) is 10.4. The van der Waals surface area contributed by atoms with E-state index in [0.29, 0.717) is 0 Å². The van der Waals surface area contributed by atoms with Crippen LogP contribution in [0.5, 0.6) is 0 Å². The zero-order chi connectivity index (χ0) is 11.1. The lowest BCUT2D eigenvalue weighted by Gasteiger charge is -2.06. The molecule has 0 aliphatic rings. The molecule has 1 rings (SSSR count). The van der Waals surface area contributed by atoms with Gasteiger partial charge in [0.15, 0.2) is 0 Å². The molecule has 0 radical (unpaired) electrons. The topological polar surface area (TPSA) is 12.0 Å². The molecule has 0 aromatic heterocycles. The lowest BCUT2D eigenvalue weighted by Crippen LogP contribution is -1.91. The van der Waals surface area contributed by atoms with E-state index in [-0.39, 0.29) is 0 Å². The molecular formula is C13H20ClN. The van der Waals surface area contributed by atoms with Crippen molar-refractivity contribution in [3.8, 4) is 0 Å². The van der Waals surface area contributed by atoms with E-state index in [1.54, 1.807) is 0 Å². The van der Waals surface area contributed by atoms with Crippen LogP contribution in [0.1, 0.15) is 38.2 Å². The Morgan fingerprint density at radius 2 is 2.00 bits per heavy atom. The Labute approximate surface area is 97.8 Å². The maximum Gasteiger partial charge on any atom is 0.0640 e. The van der Waals surface area contributed by atoms with Gasteiger partial charge < -0.3 is 5.32 Å². The number of aryl methyl sites for hydroxylation is 1. The van der Waals surface area contributed by atoms with Crippen molar-refractivity contribution in [2.24, 2.45) is 0 Å². The first-order valence-corrected chi connectivity index (χ1v) is 6.12. The van der Waals surface area contributed by atoms with Gasteiger partial charge in [0.05, 0.1) is 10.7 Å². The Morgan fingerprint density at radius 1 is 1.20 bits per heavy atom. The number of benzene rings is 1. The fourth-order valence-electron chi connectivity index (χ4n) is 1.67. The third-order valence-electron chi connectivity index (χ3n) is 2.62.